The fraction of sp³-hybridized carbons (Fsp3) is 0.739. The third kappa shape index (κ3) is 5.53. The molecule has 24 heavy (non-hydrogen) atoms. The van der Waals surface area contributed by atoms with Crippen molar-refractivity contribution in [1.82, 2.24) is 0 Å². The maximum Gasteiger partial charge on any atom is 0.123 e. The molecule has 0 unspecified atom stereocenters. The quantitative estimate of drug-likeness (QED) is 0.442. The molecule has 0 heterocycles. The number of rotatable bonds is 10. The number of phenolic OH excluding ortho intramolecular Hbond substituents is 1. The number of hydrogen-bond donors (Lipinski definition) is 1. The highest BCUT2D eigenvalue weighted by atomic mass is 16.3. The number of hydrogen-bond acceptors (Lipinski definition) is 1. The van der Waals surface area contributed by atoms with E-state index >= 15 is 0 Å². The van der Waals surface area contributed by atoms with E-state index in [1.54, 1.807) is 0 Å². The molecule has 1 aromatic rings. The van der Waals surface area contributed by atoms with Crippen molar-refractivity contribution in [2.75, 3.05) is 0 Å². The van der Waals surface area contributed by atoms with Crippen molar-refractivity contribution in [2.45, 2.75) is 111 Å². The van der Waals surface area contributed by atoms with Gasteiger partial charge in [-0.1, -0.05) is 97.8 Å². The second-order valence-electron chi connectivity index (χ2n) is 8.89. The Labute approximate surface area is 150 Å². The predicted octanol–water partition coefficient (Wildman–Crippen LogP) is 7.42. The topological polar surface area (TPSA) is 20.2 Å². The maximum absolute atomic E-state index is 11.1. The Morgan fingerprint density at radius 3 is 1.46 bits per heavy atom. The van der Waals surface area contributed by atoms with Gasteiger partial charge >= 0.3 is 0 Å². The summed E-state index contributed by atoms with van der Waals surface area (Å²) >= 11 is 0. The van der Waals surface area contributed by atoms with Gasteiger partial charge in [0.05, 0.1) is 0 Å². The van der Waals surface area contributed by atoms with Crippen molar-refractivity contribution in [3.8, 4) is 5.75 Å². The molecule has 0 amide bonds. The lowest BCUT2D eigenvalue weighted by Crippen LogP contribution is -2.22. The first-order valence-corrected chi connectivity index (χ1v) is 10.00. The lowest BCUT2D eigenvalue weighted by atomic mass is 9.73. The lowest BCUT2D eigenvalue weighted by molar-refractivity contribution is 0.380. The van der Waals surface area contributed by atoms with E-state index in [1.165, 1.54) is 44.1 Å². The van der Waals surface area contributed by atoms with Gasteiger partial charge in [-0.15, -0.1) is 0 Å². The minimum atomic E-state index is 0.0273. The van der Waals surface area contributed by atoms with Crippen LogP contribution in [0.2, 0.25) is 0 Å². The standard InChI is InChI=1S/C23H40O/c1-8-10-12-14-22(4,5)19-16-18(3)17-20(21(19)24)23(6,7)15-13-11-9-2/h16-17,24H,8-15H2,1-7H3. The van der Waals surface area contributed by atoms with Crippen LogP contribution >= 0.6 is 0 Å². The number of aromatic hydroxyl groups is 1. The van der Waals surface area contributed by atoms with Crippen molar-refractivity contribution in [1.29, 1.82) is 0 Å². The molecule has 1 nitrogen and oxygen atoms in total. The Morgan fingerprint density at radius 1 is 0.750 bits per heavy atom. The third-order valence-corrected chi connectivity index (χ3v) is 5.52. The Bertz CT molecular complexity index is 468. The number of unbranched alkanes of at least 4 members (excludes halogenated alkanes) is 4. The van der Waals surface area contributed by atoms with Crippen LogP contribution in [0.5, 0.6) is 5.75 Å². The molecule has 1 N–H and O–H groups in total. The number of aryl methyl sites for hydroxylation is 1. The van der Waals surface area contributed by atoms with Gasteiger partial charge in [0.1, 0.15) is 5.75 Å². The van der Waals surface area contributed by atoms with Crippen LogP contribution in [-0.4, -0.2) is 5.11 Å². The summed E-state index contributed by atoms with van der Waals surface area (Å²) in [4.78, 5) is 0. The van der Waals surface area contributed by atoms with Crippen LogP contribution in [0.3, 0.4) is 0 Å². The number of benzene rings is 1. The summed E-state index contributed by atoms with van der Waals surface area (Å²) in [7, 11) is 0. The fourth-order valence-electron chi connectivity index (χ4n) is 3.71. The summed E-state index contributed by atoms with van der Waals surface area (Å²) in [6, 6.07) is 4.40. The maximum atomic E-state index is 11.1. The zero-order valence-electron chi connectivity index (χ0n) is 17.3. The summed E-state index contributed by atoms with van der Waals surface area (Å²) < 4.78 is 0. The molecule has 0 radical (unpaired) electrons. The molecular weight excluding hydrogens is 292 g/mol. The molecule has 1 rings (SSSR count). The molecule has 1 heteroatoms. The highest BCUT2D eigenvalue weighted by Crippen LogP contribution is 2.43. The van der Waals surface area contributed by atoms with Crippen molar-refractivity contribution in [3.63, 3.8) is 0 Å². The van der Waals surface area contributed by atoms with Gasteiger partial charge < -0.3 is 5.11 Å². The minimum Gasteiger partial charge on any atom is -0.507 e. The molecule has 138 valence electrons. The average molecular weight is 333 g/mol. The second-order valence-corrected chi connectivity index (χ2v) is 8.89. The van der Waals surface area contributed by atoms with Gasteiger partial charge in [-0.05, 0) is 30.6 Å². The first-order chi connectivity index (χ1) is 11.2. The van der Waals surface area contributed by atoms with Crippen molar-refractivity contribution < 1.29 is 5.11 Å². The van der Waals surface area contributed by atoms with Crippen LogP contribution < -0.4 is 0 Å². The predicted molar refractivity (Wildman–Crippen MR) is 107 cm³/mol. The van der Waals surface area contributed by atoms with E-state index in [9.17, 15) is 5.11 Å². The first-order valence-electron chi connectivity index (χ1n) is 10.00. The van der Waals surface area contributed by atoms with Gasteiger partial charge in [0, 0.05) is 11.1 Å². The van der Waals surface area contributed by atoms with Crippen LogP contribution in [0, 0.1) is 6.92 Å². The monoisotopic (exact) mass is 332 g/mol. The van der Waals surface area contributed by atoms with Gasteiger partial charge in [0.15, 0.2) is 0 Å². The van der Waals surface area contributed by atoms with E-state index in [0.717, 1.165) is 24.0 Å². The van der Waals surface area contributed by atoms with E-state index in [4.69, 9.17) is 0 Å². The third-order valence-electron chi connectivity index (χ3n) is 5.52. The van der Waals surface area contributed by atoms with Gasteiger partial charge in [-0.3, -0.25) is 0 Å². The van der Waals surface area contributed by atoms with Crippen LogP contribution in [-0.2, 0) is 10.8 Å². The largest absolute Gasteiger partial charge is 0.507 e. The van der Waals surface area contributed by atoms with Crippen LogP contribution in [0.25, 0.3) is 0 Å². The molecule has 0 aliphatic rings. The van der Waals surface area contributed by atoms with Crippen molar-refractivity contribution in [2.24, 2.45) is 0 Å². The van der Waals surface area contributed by atoms with Gasteiger partial charge in [-0.25, -0.2) is 0 Å². The molecular formula is C23H40O. The zero-order chi connectivity index (χ0) is 18.4. The highest BCUT2D eigenvalue weighted by molar-refractivity contribution is 5.50. The molecule has 0 fully saturated rings. The summed E-state index contributed by atoms with van der Waals surface area (Å²) in [5, 5.41) is 11.1. The summed E-state index contributed by atoms with van der Waals surface area (Å²) in [5.74, 6) is 0.545. The molecule has 0 spiro atoms. The van der Waals surface area contributed by atoms with Gasteiger partial charge in [0.2, 0.25) is 0 Å². The van der Waals surface area contributed by atoms with E-state index in [-0.39, 0.29) is 10.8 Å². The summed E-state index contributed by atoms with van der Waals surface area (Å²) in [6.07, 6.45) is 9.74. The number of phenols is 1. The van der Waals surface area contributed by atoms with E-state index in [2.05, 4.69) is 60.6 Å². The normalized spacial score (nSPS) is 12.6. The molecule has 0 bridgehead atoms. The Balaban J connectivity index is 3.15. The van der Waals surface area contributed by atoms with E-state index in [0.29, 0.717) is 5.75 Å². The Hall–Kier alpha value is -0.980. The fourth-order valence-corrected chi connectivity index (χ4v) is 3.71. The van der Waals surface area contributed by atoms with E-state index < -0.39 is 0 Å². The minimum absolute atomic E-state index is 0.0273. The van der Waals surface area contributed by atoms with E-state index in [1.807, 2.05) is 0 Å². The molecule has 0 aromatic heterocycles. The van der Waals surface area contributed by atoms with Crippen LogP contribution in [0.15, 0.2) is 12.1 Å². The molecule has 0 atom stereocenters. The lowest BCUT2D eigenvalue weighted by Gasteiger charge is -2.32. The average Bonchev–Trinajstić information content (AvgIpc) is 2.49. The highest BCUT2D eigenvalue weighted by Gasteiger charge is 2.30. The molecule has 0 aliphatic carbocycles. The Kier molecular flexibility index (Phi) is 7.83. The first kappa shape index (κ1) is 21.1. The SMILES string of the molecule is CCCCCC(C)(C)c1cc(C)cc(C(C)(C)CCCCC)c1O. The van der Waals surface area contributed by atoms with Crippen molar-refractivity contribution >= 4 is 0 Å². The summed E-state index contributed by atoms with van der Waals surface area (Å²) in [6.45, 7) is 15.8. The van der Waals surface area contributed by atoms with Crippen LogP contribution in [0.1, 0.15) is 110 Å². The van der Waals surface area contributed by atoms with Crippen LogP contribution in [0.4, 0.5) is 0 Å². The Morgan fingerprint density at radius 2 is 1.12 bits per heavy atom. The molecule has 0 saturated heterocycles. The van der Waals surface area contributed by atoms with Gasteiger partial charge in [-0.2, -0.15) is 0 Å². The van der Waals surface area contributed by atoms with Crippen molar-refractivity contribution in [3.05, 3.63) is 28.8 Å². The second kappa shape index (κ2) is 8.92. The zero-order valence-corrected chi connectivity index (χ0v) is 17.3. The molecule has 0 aliphatic heterocycles. The summed E-state index contributed by atoms with van der Waals surface area (Å²) in [5.41, 5.74) is 3.60. The van der Waals surface area contributed by atoms with Gasteiger partial charge in [0.25, 0.3) is 0 Å². The smallest absolute Gasteiger partial charge is 0.123 e. The molecule has 1 aromatic carbocycles. The molecule has 0 saturated carbocycles.